The van der Waals surface area contributed by atoms with E-state index in [1.165, 1.54) is 6.33 Å². The number of nitrogens with zero attached hydrogens (tertiary/aromatic N) is 1. The summed E-state index contributed by atoms with van der Waals surface area (Å²) in [7, 11) is 1.54. The van der Waals surface area contributed by atoms with Crippen LogP contribution in [0.3, 0.4) is 0 Å². The summed E-state index contributed by atoms with van der Waals surface area (Å²) in [5.41, 5.74) is 1.33. The monoisotopic (exact) mass is 282 g/mol. The third-order valence-corrected chi connectivity index (χ3v) is 3.17. The number of nitrogens with one attached hydrogen (secondary N) is 1. The zero-order chi connectivity index (χ0) is 14.7. The molecule has 1 aromatic heterocycles. The minimum absolute atomic E-state index is 0.248. The Hall–Kier alpha value is -2.82. The highest BCUT2D eigenvalue weighted by Crippen LogP contribution is 2.33. The van der Waals surface area contributed by atoms with Gasteiger partial charge in [-0.2, -0.15) is 0 Å². The zero-order valence-electron chi connectivity index (χ0n) is 11.5. The van der Waals surface area contributed by atoms with Gasteiger partial charge in [-0.25, -0.2) is 4.98 Å². The molecule has 3 rings (SSSR count). The molecule has 106 valence electrons. The lowest BCUT2D eigenvalue weighted by molar-refractivity contribution is 0.288. The van der Waals surface area contributed by atoms with Crippen LogP contribution in [0.1, 0.15) is 5.56 Å². The first-order valence-corrected chi connectivity index (χ1v) is 6.50. The number of aromatic nitrogens is 2. The Morgan fingerprint density at radius 1 is 1.14 bits per heavy atom. The Bertz CT molecular complexity index is 813. The van der Waals surface area contributed by atoms with Crippen LogP contribution in [0.2, 0.25) is 0 Å². The number of rotatable bonds is 4. The molecule has 0 aliphatic heterocycles. The number of methoxy groups -OCH3 is 1. The molecule has 0 aliphatic carbocycles. The summed E-state index contributed by atoms with van der Waals surface area (Å²) in [5, 5.41) is 0.396. The van der Waals surface area contributed by atoms with Crippen LogP contribution >= 0.6 is 0 Å². The van der Waals surface area contributed by atoms with Gasteiger partial charge in [0.1, 0.15) is 12.0 Å². The smallest absolute Gasteiger partial charge is 0.262 e. The molecular weight excluding hydrogens is 268 g/mol. The second-order valence-electron chi connectivity index (χ2n) is 4.50. The maximum absolute atomic E-state index is 12.0. The van der Waals surface area contributed by atoms with Crippen molar-refractivity contribution < 1.29 is 9.47 Å². The Morgan fingerprint density at radius 2 is 1.95 bits per heavy atom. The summed E-state index contributed by atoms with van der Waals surface area (Å²) >= 11 is 0. The minimum atomic E-state index is -0.248. The molecule has 1 heterocycles. The molecule has 0 bridgehead atoms. The number of ether oxygens (including phenoxy) is 2. The summed E-state index contributed by atoms with van der Waals surface area (Å²) in [5.74, 6) is 0.921. The standard InChI is InChI=1S/C16H14N2O3/c1-20-13-8-7-12-14(16(19)18-10-17-12)15(13)21-9-11-5-3-2-4-6-11/h2-8,10H,9H2,1H3,(H,17,18,19). The van der Waals surface area contributed by atoms with E-state index in [0.29, 0.717) is 29.0 Å². The molecule has 0 saturated heterocycles. The molecule has 3 aromatic rings. The molecule has 0 atom stereocenters. The van der Waals surface area contributed by atoms with Crippen LogP contribution in [0.5, 0.6) is 11.5 Å². The van der Waals surface area contributed by atoms with Crippen molar-refractivity contribution in [3.8, 4) is 11.5 Å². The fourth-order valence-electron chi connectivity index (χ4n) is 2.15. The zero-order valence-corrected chi connectivity index (χ0v) is 11.5. The molecule has 0 unspecified atom stereocenters. The van der Waals surface area contributed by atoms with Crippen molar-refractivity contribution in [2.75, 3.05) is 7.11 Å². The van der Waals surface area contributed by atoms with Gasteiger partial charge in [-0.1, -0.05) is 30.3 Å². The topological polar surface area (TPSA) is 64.2 Å². The maximum atomic E-state index is 12.0. The fraction of sp³-hybridized carbons (Fsp3) is 0.125. The van der Waals surface area contributed by atoms with Gasteiger partial charge in [0.05, 0.1) is 19.0 Å². The molecule has 0 aliphatic rings. The van der Waals surface area contributed by atoms with Crippen LogP contribution in [0, 0.1) is 0 Å². The van der Waals surface area contributed by atoms with Gasteiger partial charge in [0, 0.05) is 0 Å². The number of fused-ring (bicyclic) bond motifs is 1. The van der Waals surface area contributed by atoms with Crippen molar-refractivity contribution in [1.29, 1.82) is 0 Å². The van der Waals surface area contributed by atoms with Crippen molar-refractivity contribution in [3.05, 3.63) is 64.7 Å². The molecule has 1 N–H and O–H groups in total. The molecule has 0 spiro atoms. The van der Waals surface area contributed by atoms with Crippen molar-refractivity contribution in [1.82, 2.24) is 9.97 Å². The highest BCUT2D eigenvalue weighted by Gasteiger charge is 2.13. The molecular formula is C16H14N2O3. The highest BCUT2D eigenvalue weighted by molar-refractivity contribution is 5.86. The first-order chi connectivity index (χ1) is 10.3. The van der Waals surface area contributed by atoms with Gasteiger partial charge in [-0.3, -0.25) is 4.79 Å². The predicted molar refractivity (Wildman–Crippen MR) is 79.7 cm³/mol. The Labute approximate surface area is 121 Å². The van der Waals surface area contributed by atoms with Gasteiger partial charge in [-0.15, -0.1) is 0 Å². The number of hydrogen-bond donors (Lipinski definition) is 1. The predicted octanol–water partition coefficient (Wildman–Crippen LogP) is 2.51. The van der Waals surface area contributed by atoms with E-state index < -0.39 is 0 Å². The second-order valence-corrected chi connectivity index (χ2v) is 4.50. The molecule has 2 aromatic carbocycles. The van der Waals surface area contributed by atoms with Crippen molar-refractivity contribution >= 4 is 10.9 Å². The summed E-state index contributed by atoms with van der Waals surface area (Å²) in [4.78, 5) is 18.8. The molecule has 0 fully saturated rings. The average molecular weight is 282 g/mol. The van der Waals surface area contributed by atoms with E-state index in [9.17, 15) is 4.79 Å². The lowest BCUT2D eigenvalue weighted by Gasteiger charge is -2.12. The normalized spacial score (nSPS) is 10.5. The van der Waals surface area contributed by atoms with Gasteiger partial charge >= 0.3 is 0 Å². The van der Waals surface area contributed by atoms with Crippen molar-refractivity contribution in [3.63, 3.8) is 0 Å². The van der Waals surface area contributed by atoms with E-state index in [1.54, 1.807) is 19.2 Å². The van der Waals surface area contributed by atoms with Crippen LogP contribution in [0.4, 0.5) is 0 Å². The maximum Gasteiger partial charge on any atom is 0.262 e. The summed E-state index contributed by atoms with van der Waals surface area (Å²) in [6.07, 6.45) is 1.37. The highest BCUT2D eigenvalue weighted by atomic mass is 16.5. The van der Waals surface area contributed by atoms with Crippen LogP contribution in [-0.4, -0.2) is 17.1 Å². The fourth-order valence-corrected chi connectivity index (χ4v) is 2.15. The van der Waals surface area contributed by atoms with Crippen molar-refractivity contribution in [2.24, 2.45) is 0 Å². The van der Waals surface area contributed by atoms with E-state index in [4.69, 9.17) is 9.47 Å². The van der Waals surface area contributed by atoms with E-state index in [2.05, 4.69) is 9.97 Å². The summed E-state index contributed by atoms with van der Waals surface area (Å²) in [6, 6.07) is 13.2. The summed E-state index contributed by atoms with van der Waals surface area (Å²) < 4.78 is 11.1. The number of benzene rings is 2. The third-order valence-electron chi connectivity index (χ3n) is 3.17. The van der Waals surface area contributed by atoms with Crippen LogP contribution in [0.15, 0.2) is 53.6 Å². The molecule has 0 amide bonds. The Balaban J connectivity index is 2.05. The van der Waals surface area contributed by atoms with Gasteiger partial charge in [0.25, 0.3) is 5.56 Å². The third kappa shape index (κ3) is 2.58. The second kappa shape index (κ2) is 5.66. The van der Waals surface area contributed by atoms with Gasteiger partial charge < -0.3 is 14.5 Å². The lowest BCUT2D eigenvalue weighted by Crippen LogP contribution is -2.09. The SMILES string of the molecule is COc1ccc2nc[nH]c(=O)c2c1OCc1ccccc1. The van der Waals surface area contributed by atoms with E-state index in [0.717, 1.165) is 5.56 Å². The van der Waals surface area contributed by atoms with E-state index in [1.807, 2.05) is 30.3 Å². The molecule has 5 nitrogen and oxygen atoms in total. The molecule has 0 saturated carbocycles. The van der Waals surface area contributed by atoms with Gasteiger partial charge in [-0.05, 0) is 17.7 Å². The van der Waals surface area contributed by atoms with E-state index >= 15 is 0 Å². The van der Waals surface area contributed by atoms with Gasteiger partial charge in [0.15, 0.2) is 11.5 Å². The van der Waals surface area contributed by atoms with E-state index in [-0.39, 0.29) is 5.56 Å². The lowest BCUT2D eigenvalue weighted by atomic mass is 10.2. The first kappa shape index (κ1) is 13.2. The number of H-pyrrole nitrogens is 1. The Kier molecular flexibility index (Phi) is 3.55. The molecule has 5 heteroatoms. The largest absolute Gasteiger partial charge is 0.493 e. The Morgan fingerprint density at radius 3 is 2.71 bits per heavy atom. The van der Waals surface area contributed by atoms with Crippen LogP contribution in [-0.2, 0) is 6.61 Å². The minimum Gasteiger partial charge on any atom is -0.493 e. The van der Waals surface area contributed by atoms with Crippen LogP contribution < -0.4 is 15.0 Å². The molecule has 0 radical (unpaired) electrons. The molecule has 21 heavy (non-hydrogen) atoms. The number of aromatic amines is 1. The summed E-state index contributed by atoms with van der Waals surface area (Å²) in [6.45, 7) is 0.352. The van der Waals surface area contributed by atoms with Crippen molar-refractivity contribution in [2.45, 2.75) is 6.61 Å². The first-order valence-electron chi connectivity index (χ1n) is 6.50. The average Bonchev–Trinajstić information content (AvgIpc) is 2.53. The quantitative estimate of drug-likeness (QED) is 0.798. The number of hydrogen-bond acceptors (Lipinski definition) is 4. The van der Waals surface area contributed by atoms with Crippen LogP contribution in [0.25, 0.3) is 10.9 Å². The van der Waals surface area contributed by atoms with Gasteiger partial charge in [0.2, 0.25) is 0 Å².